The molecule has 0 unspecified atom stereocenters. The van der Waals surface area contributed by atoms with E-state index in [1.165, 1.54) is 22.4 Å². The molecule has 0 aliphatic carbocycles. The number of ether oxygens (including phenoxy) is 2. The molecule has 1 atom stereocenters. The maximum Gasteiger partial charge on any atom is 0.246 e. The largest absolute Gasteiger partial charge is 0.497 e. The van der Waals surface area contributed by atoms with Crippen LogP contribution in [0.1, 0.15) is 12.8 Å². The molecule has 1 aliphatic rings. The summed E-state index contributed by atoms with van der Waals surface area (Å²) in [6, 6.07) is 9.16. The average Bonchev–Trinajstić information content (AvgIpc) is 3.47. The van der Waals surface area contributed by atoms with Gasteiger partial charge < -0.3 is 14.4 Å². The molecule has 1 amide bonds. The first-order valence-electron chi connectivity index (χ1n) is 9.61. The zero-order valence-corrected chi connectivity index (χ0v) is 18.9. The van der Waals surface area contributed by atoms with E-state index in [1.54, 1.807) is 44.5 Å². The Balaban J connectivity index is 1.67. The fourth-order valence-electron chi connectivity index (χ4n) is 3.79. The molecule has 11 heteroatoms. The molecule has 31 heavy (non-hydrogen) atoms. The van der Waals surface area contributed by atoms with Crippen molar-refractivity contribution in [3.63, 3.8) is 0 Å². The molecule has 2 aromatic carbocycles. The van der Waals surface area contributed by atoms with E-state index < -0.39 is 16.1 Å². The lowest BCUT2D eigenvalue weighted by atomic mass is 10.2. The monoisotopic (exact) mass is 462 g/mol. The molecule has 0 bridgehead atoms. The van der Waals surface area contributed by atoms with E-state index >= 15 is 0 Å². The normalized spacial score (nSPS) is 17.1. The third-order valence-electron chi connectivity index (χ3n) is 5.40. The van der Waals surface area contributed by atoms with Crippen molar-refractivity contribution in [2.24, 2.45) is 0 Å². The summed E-state index contributed by atoms with van der Waals surface area (Å²) in [5.41, 5.74) is 1.38. The Bertz CT molecular complexity index is 1230. The Hall–Kier alpha value is -2.76. The number of hydrogen-bond donors (Lipinski definition) is 0. The third-order valence-corrected chi connectivity index (χ3v) is 7.89. The summed E-state index contributed by atoms with van der Waals surface area (Å²) in [5, 5.41) is 0. The van der Waals surface area contributed by atoms with Crippen LogP contribution in [0.25, 0.3) is 11.0 Å². The zero-order chi connectivity index (χ0) is 22.2. The van der Waals surface area contributed by atoms with Gasteiger partial charge in [0.15, 0.2) is 0 Å². The molecule has 1 aliphatic heterocycles. The van der Waals surface area contributed by atoms with Gasteiger partial charge in [-0.05, 0) is 37.1 Å². The lowest BCUT2D eigenvalue weighted by Gasteiger charge is -2.28. The van der Waals surface area contributed by atoms with Crippen LogP contribution < -0.4 is 14.4 Å². The molecule has 164 valence electrons. The highest BCUT2D eigenvalue weighted by molar-refractivity contribution is 7.89. The summed E-state index contributed by atoms with van der Waals surface area (Å²) in [6.45, 7) is 0.264. The molecule has 0 saturated carbocycles. The van der Waals surface area contributed by atoms with E-state index in [-0.39, 0.29) is 17.3 Å². The lowest BCUT2D eigenvalue weighted by Crippen LogP contribution is -2.46. The van der Waals surface area contributed by atoms with Gasteiger partial charge in [-0.15, -0.1) is 0 Å². The van der Waals surface area contributed by atoms with Crippen molar-refractivity contribution < 1.29 is 22.7 Å². The highest BCUT2D eigenvalue weighted by atomic mass is 32.2. The van der Waals surface area contributed by atoms with Crippen LogP contribution in [-0.4, -0.2) is 61.2 Å². The van der Waals surface area contributed by atoms with Gasteiger partial charge in [0, 0.05) is 19.7 Å². The quantitative estimate of drug-likeness (QED) is 0.555. The molecule has 3 aromatic rings. The topological polar surface area (TPSA) is 102 Å². The van der Waals surface area contributed by atoms with Crippen LogP contribution in [0.3, 0.4) is 0 Å². The second-order valence-corrected chi connectivity index (χ2v) is 9.48. The Morgan fingerprint density at radius 1 is 1.19 bits per heavy atom. The van der Waals surface area contributed by atoms with Crippen molar-refractivity contribution in [2.75, 3.05) is 32.7 Å². The maximum atomic E-state index is 13.5. The second kappa shape index (κ2) is 8.40. The van der Waals surface area contributed by atoms with Crippen molar-refractivity contribution in [1.82, 2.24) is 13.1 Å². The van der Waals surface area contributed by atoms with Crippen LogP contribution in [0.4, 0.5) is 5.69 Å². The predicted octanol–water partition coefficient (Wildman–Crippen LogP) is 2.52. The molecule has 1 saturated heterocycles. The SMILES string of the molecule is COc1ccc(N(C)C(=O)[C@H]2CCCN2S(=O)(=O)c2cccc3nsnc23)c(OC)c1. The minimum Gasteiger partial charge on any atom is -0.497 e. The number of aromatic nitrogens is 2. The van der Waals surface area contributed by atoms with E-state index in [9.17, 15) is 13.2 Å². The summed E-state index contributed by atoms with van der Waals surface area (Å²) < 4.78 is 47.1. The minimum atomic E-state index is -3.93. The number of carbonyl (C=O) groups excluding carboxylic acids is 1. The lowest BCUT2D eigenvalue weighted by molar-refractivity contribution is -0.121. The number of rotatable bonds is 6. The molecule has 0 N–H and O–H groups in total. The number of amides is 1. The molecular weight excluding hydrogens is 440 g/mol. The van der Waals surface area contributed by atoms with Crippen molar-refractivity contribution >= 4 is 44.4 Å². The Kier molecular flexibility index (Phi) is 5.82. The van der Waals surface area contributed by atoms with Crippen molar-refractivity contribution in [2.45, 2.75) is 23.8 Å². The fourth-order valence-corrected chi connectivity index (χ4v) is 6.20. The van der Waals surface area contributed by atoms with Crippen LogP contribution in [0.5, 0.6) is 11.5 Å². The number of carbonyl (C=O) groups is 1. The zero-order valence-electron chi connectivity index (χ0n) is 17.3. The fraction of sp³-hybridized carbons (Fsp3) is 0.350. The van der Waals surface area contributed by atoms with Gasteiger partial charge in [-0.1, -0.05) is 6.07 Å². The number of methoxy groups -OCH3 is 2. The predicted molar refractivity (Wildman–Crippen MR) is 117 cm³/mol. The number of sulfonamides is 1. The van der Waals surface area contributed by atoms with Crippen molar-refractivity contribution in [1.29, 1.82) is 0 Å². The summed E-state index contributed by atoms with van der Waals surface area (Å²) >= 11 is 0.960. The van der Waals surface area contributed by atoms with Crippen LogP contribution in [-0.2, 0) is 14.8 Å². The molecule has 4 rings (SSSR count). The van der Waals surface area contributed by atoms with Crippen molar-refractivity contribution in [3.8, 4) is 11.5 Å². The number of anilines is 1. The third kappa shape index (κ3) is 3.73. The van der Waals surface area contributed by atoms with Crippen LogP contribution in [0.2, 0.25) is 0 Å². The van der Waals surface area contributed by atoms with E-state index in [1.807, 2.05) is 0 Å². The van der Waals surface area contributed by atoms with E-state index in [0.717, 1.165) is 11.7 Å². The Labute approximate surface area is 184 Å². The average molecular weight is 463 g/mol. The molecule has 0 spiro atoms. The minimum absolute atomic E-state index is 0.0723. The van der Waals surface area contributed by atoms with Crippen LogP contribution >= 0.6 is 11.7 Å². The number of hydrogen-bond acceptors (Lipinski definition) is 8. The number of fused-ring (bicyclic) bond motifs is 1. The van der Waals surface area contributed by atoms with Gasteiger partial charge in [0.1, 0.15) is 33.5 Å². The summed E-state index contributed by atoms with van der Waals surface area (Å²) in [7, 11) is 0.729. The molecular formula is C20H22N4O5S2. The van der Waals surface area contributed by atoms with Crippen LogP contribution in [0.15, 0.2) is 41.3 Å². The number of nitrogens with zero attached hydrogens (tertiary/aromatic N) is 4. The molecule has 1 aromatic heterocycles. The van der Waals surface area contributed by atoms with Gasteiger partial charge in [-0.2, -0.15) is 13.1 Å². The first kappa shape index (κ1) is 21.5. The van der Waals surface area contributed by atoms with E-state index in [4.69, 9.17) is 9.47 Å². The van der Waals surface area contributed by atoms with Gasteiger partial charge in [0.2, 0.25) is 15.9 Å². The second-order valence-electron chi connectivity index (χ2n) is 7.10. The van der Waals surface area contributed by atoms with E-state index in [0.29, 0.717) is 41.1 Å². The first-order chi connectivity index (χ1) is 14.9. The molecule has 0 radical (unpaired) electrons. The maximum absolute atomic E-state index is 13.5. The Morgan fingerprint density at radius 3 is 2.74 bits per heavy atom. The van der Waals surface area contributed by atoms with Crippen LogP contribution in [0, 0.1) is 0 Å². The smallest absolute Gasteiger partial charge is 0.246 e. The van der Waals surface area contributed by atoms with E-state index in [2.05, 4.69) is 8.75 Å². The number of likely N-dealkylation sites (N-methyl/N-ethyl adjacent to an activating group) is 1. The summed E-state index contributed by atoms with van der Waals surface area (Å²) in [4.78, 5) is 14.9. The standard InChI is InChI=1S/C20H22N4O5S2/c1-23(15-10-9-13(28-2)12-17(15)29-3)20(25)16-7-5-11-24(16)31(26,27)18-8-4-6-14-19(18)22-30-21-14/h4,6,8-10,12,16H,5,7,11H2,1-3H3/t16-/m1/s1. The van der Waals surface area contributed by atoms with Gasteiger partial charge in [-0.3, -0.25) is 4.79 Å². The highest BCUT2D eigenvalue weighted by Crippen LogP contribution is 2.35. The highest BCUT2D eigenvalue weighted by Gasteiger charge is 2.42. The molecule has 2 heterocycles. The number of benzene rings is 2. The molecule has 9 nitrogen and oxygen atoms in total. The van der Waals surface area contributed by atoms with Crippen molar-refractivity contribution in [3.05, 3.63) is 36.4 Å². The first-order valence-corrected chi connectivity index (χ1v) is 11.8. The van der Waals surface area contributed by atoms with Gasteiger partial charge >= 0.3 is 0 Å². The van der Waals surface area contributed by atoms with Gasteiger partial charge in [-0.25, -0.2) is 8.42 Å². The Morgan fingerprint density at radius 2 is 2.00 bits per heavy atom. The van der Waals surface area contributed by atoms with Gasteiger partial charge in [0.25, 0.3) is 0 Å². The summed E-state index contributed by atoms with van der Waals surface area (Å²) in [5.74, 6) is 0.727. The molecule has 1 fully saturated rings. The summed E-state index contributed by atoms with van der Waals surface area (Å²) in [6.07, 6.45) is 1.03. The van der Waals surface area contributed by atoms with Gasteiger partial charge in [0.05, 0.1) is 31.6 Å².